The zero-order valence-corrected chi connectivity index (χ0v) is 18.2. The number of hydrogen-bond acceptors (Lipinski definition) is 5. The predicted molar refractivity (Wildman–Crippen MR) is 125 cm³/mol. The van der Waals surface area contributed by atoms with Crippen LogP contribution < -0.4 is 10.7 Å². The molecule has 2 heterocycles. The first kappa shape index (κ1) is 20.3. The van der Waals surface area contributed by atoms with Gasteiger partial charge in [-0.2, -0.15) is 5.10 Å². The maximum Gasteiger partial charge on any atom is 0.283 e. The van der Waals surface area contributed by atoms with Gasteiger partial charge in [-0.1, -0.05) is 48.0 Å². The molecule has 4 aromatic rings. The normalized spacial score (nSPS) is 11.5. The van der Waals surface area contributed by atoms with E-state index in [1.807, 2.05) is 47.8 Å². The first-order valence-electron chi connectivity index (χ1n) is 9.00. The van der Waals surface area contributed by atoms with Crippen LogP contribution in [0.25, 0.3) is 10.1 Å². The van der Waals surface area contributed by atoms with Crippen molar-refractivity contribution < 1.29 is 9.59 Å². The maximum atomic E-state index is 12.5. The fourth-order valence-electron chi connectivity index (χ4n) is 2.81. The highest BCUT2D eigenvalue weighted by Gasteiger charge is 2.16. The summed E-state index contributed by atoms with van der Waals surface area (Å²) in [6, 6.07) is 18.5. The van der Waals surface area contributed by atoms with Gasteiger partial charge in [-0.15, -0.1) is 22.7 Å². The van der Waals surface area contributed by atoms with Crippen LogP contribution in [0.1, 0.15) is 31.8 Å². The second kappa shape index (κ2) is 8.79. The number of nitrogens with zero attached hydrogens (tertiary/aromatic N) is 1. The van der Waals surface area contributed by atoms with E-state index in [1.54, 1.807) is 25.1 Å². The second-order valence-corrected chi connectivity index (χ2v) is 8.77. The molecule has 0 atom stereocenters. The molecule has 2 aromatic heterocycles. The number of fused-ring (bicyclic) bond motifs is 1. The van der Waals surface area contributed by atoms with Crippen LogP contribution in [0.3, 0.4) is 0 Å². The molecule has 30 heavy (non-hydrogen) atoms. The summed E-state index contributed by atoms with van der Waals surface area (Å²) in [6.45, 7) is 1.80. The standard InChI is InChI=1S/C22H16ClN3O2S2/c1-13(14-8-10-15(11-9-14)24-21(27)18-7-4-12-29-18)25-26-22(28)20-19(23)16-5-2-3-6-17(16)30-20/h2-12H,1H3,(H,24,27)(H,26,28)/b25-13+. The van der Waals surface area contributed by atoms with Crippen LogP contribution in [0.2, 0.25) is 5.02 Å². The fraction of sp³-hybridized carbons (Fsp3) is 0.0455. The van der Waals surface area contributed by atoms with Gasteiger partial charge in [0.2, 0.25) is 0 Å². The lowest BCUT2D eigenvalue weighted by molar-refractivity contribution is 0.0958. The van der Waals surface area contributed by atoms with Crippen molar-refractivity contribution in [2.24, 2.45) is 5.10 Å². The van der Waals surface area contributed by atoms with Crippen LogP contribution >= 0.6 is 34.3 Å². The summed E-state index contributed by atoms with van der Waals surface area (Å²) in [6.07, 6.45) is 0. The van der Waals surface area contributed by atoms with Gasteiger partial charge in [0, 0.05) is 15.8 Å². The molecule has 4 rings (SSSR count). The highest BCUT2D eigenvalue weighted by molar-refractivity contribution is 7.21. The maximum absolute atomic E-state index is 12.5. The number of nitrogens with one attached hydrogen (secondary N) is 2. The molecule has 0 radical (unpaired) electrons. The number of amides is 2. The topological polar surface area (TPSA) is 70.6 Å². The number of carbonyl (C=O) groups is 2. The zero-order chi connectivity index (χ0) is 21.1. The van der Waals surface area contributed by atoms with Crippen molar-refractivity contribution in [3.05, 3.63) is 86.4 Å². The van der Waals surface area contributed by atoms with E-state index in [1.165, 1.54) is 22.7 Å². The van der Waals surface area contributed by atoms with E-state index in [-0.39, 0.29) is 11.8 Å². The molecule has 8 heteroatoms. The van der Waals surface area contributed by atoms with E-state index >= 15 is 0 Å². The van der Waals surface area contributed by atoms with Gasteiger partial charge in [-0.25, -0.2) is 5.43 Å². The molecule has 0 aliphatic carbocycles. The van der Waals surface area contributed by atoms with Gasteiger partial charge in [-0.05, 0) is 42.1 Å². The van der Waals surface area contributed by atoms with E-state index in [9.17, 15) is 9.59 Å². The van der Waals surface area contributed by atoms with E-state index in [2.05, 4.69) is 15.8 Å². The van der Waals surface area contributed by atoms with Crippen LogP contribution in [0, 0.1) is 0 Å². The molecule has 150 valence electrons. The molecule has 0 saturated heterocycles. The van der Waals surface area contributed by atoms with Crippen LogP contribution in [0.4, 0.5) is 5.69 Å². The Morgan fingerprint density at radius 2 is 1.73 bits per heavy atom. The molecule has 2 N–H and O–H groups in total. The number of carbonyl (C=O) groups excluding carboxylic acids is 2. The van der Waals surface area contributed by atoms with Crippen LogP contribution in [-0.4, -0.2) is 17.5 Å². The molecule has 0 aliphatic rings. The smallest absolute Gasteiger partial charge is 0.283 e. The first-order valence-corrected chi connectivity index (χ1v) is 11.1. The van der Waals surface area contributed by atoms with Gasteiger partial charge in [0.25, 0.3) is 11.8 Å². The van der Waals surface area contributed by atoms with Crippen molar-refractivity contribution in [3.8, 4) is 0 Å². The van der Waals surface area contributed by atoms with Crippen molar-refractivity contribution in [2.45, 2.75) is 6.92 Å². The largest absolute Gasteiger partial charge is 0.321 e. The minimum Gasteiger partial charge on any atom is -0.321 e. The summed E-state index contributed by atoms with van der Waals surface area (Å²) in [5.74, 6) is -0.490. The third-order valence-electron chi connectivity index (χ3n) is 4.37. The van der Waals surface area contributed by atoms with Crippen molar-refractivity contribution in [1.29, 1.82) is 0 Å². The lowest BCUT2D eigenvalue weighted by Crippen LogP contribution is -2.18. The highest BCUT2D eigenvalue weighted by atomic mass is 35.5. The number of benzene rings is 2. The molecule has 5 nitrogen and oxygen atoms in total. The Hall–Kier alpha value is -3.00. The Labute approximate surface area is 186 Å². The fourth-order valence-corrected chi connectivity index (χ4v) is 4.83. The number of anilines is 1. The Balaban J connectivity index is 1.43. The van der Waals surface area contributed by atoms with Crippen molar-refractivity contribution in [1.82, 2.24) is 5.43 Å². The summed E-state index contributed by atoms with van der Waals surface area (Å²) >= 11 is 9.07. The summed E-state index contributed by atoms with van der Waals surface area (Å²) in [7, 11) is 0. The number of halogens is 1. The number of hydrazone groups is 1. The molecule has 0 unspecified atom stereocenters. The lowest BCUT2D eigenvalue weighted by atomic mass is 10.1. The van der Waals surface area contributed by atoms with Gasteiger partial charge in [0.1, 0.15) is 4.88 Å². The van der Waals surface area contributed by atoms with Crippen molar-refractivity contribution in [3.63, 3.8) is 0 Å². The Morgan fingerprint density at radius 3 is 2.43 bits per heavy atom. The summed E-state index contributed by atoms with van der Waals surface area (Å²) in [5.41, 5.74) is 4.72. The van der Waals surface area contributed by atoms with E-state index < -0.39 is 0 Å². The van der Waals surface area contributed by atoms with E-state index in [4.69, 9.17) is 11.6 Å². The molecular weight excluding hydrogens is 438 g/mol. The lowest BCUT2D eigenvalue weighted by Gasteiger charge is -2.06. The second-order valence-electron chi connectivity index (χ2n) is 6.39. The quantitative estimate of drug-likeness (QED) is 0.286. The van der Waals surface area contributed by atoms with Gasteiger partial charge >= 0.3 is 0 Å². The summed E-state index contributed by atoms with van der Waals surface area (Å²) < 4.78 is 0.952. The third-order valence-corrected chi connectivity index (χ3v) is 6.91. The highest BCUT2D eigenvalue weighted by Crippen LogP contribution is 2.34. The zero-order valence-electron chi connectivity index (χ0n) is 15.8. The molecule has 0 bridgehead atoms. The average molecular weight is 454 g/mol. The molecule has 0 spiro atoms. The van der Waals surface area contributed by atoms with Gasteiger partial charge in [-0.3, -0.25) is 9.59 Å². The molecule has 0 aliphatic heterocycles. The average Bonchev–Trinajstić information content (AvgIpc) is 3.41. The van der Waals surface area contributed by atoms with Gasteiger partial charge < -0.3 is 5.32 Å². The molecular formula is C22H16ClN3O2S2. The first-order chi connectivity index (χ1) is 14.5. The Kier molecular flexibility index (Phi) is 5.94. The number of hydrogen-bond donors (Lipinski definition) is 2. The summed E-state index contributed by atoms with van der Waals surface area (Å²) in [5, 5.41) is 10.2. The van der Waals surface area contributed by atoms with E-state index in [0.29, 0.717) is 26.2 Å². The molecule has 0 fully saturated rings. The monoisotopic (exact) mass is 453 g/mol. The minimum absolute atomic E-state index is 0.143. The Bertz CT molecular complexity index is 1250. The van der Waals surface area contributed by atoms with Crippen LogP contribution in [0.5, 0.6) is 0 Å². The molecule has 0 saturated carbocycles. The van der Waals surface area contributed by atoms with Gasteiger partial charge in [0.05, 0.1) is 15.6 Å². The third kappa shape index (κ3) is 4.28. The predicted octanol–water partition coefficient (Wildman–Crippen LogP) is 6.02. The van der Waals surface area contributed by atoms with Crippen LogP contribution in [-0.2, 0) is 0 Å². The molecule has 2 aromatic carbocycles. The van der Waals surface area contributed by atoms with Crippen molar-refractivity contribution >= 4 is 67.6 Å². The number of rotatable bonds is 5. The van der Waals surface area contributed by atoms with Crippen molar-refractivity contribution in [2.75, 3.05) is 5.32 Å². The summed E-state index contributed by atoms with van der Waals surface area (Å²) in [4.78, 5) is 25.7. The van der Waals surface area contributed by atoms with Crippen LogP contribution in [0.15, 0.2) is 71.1 Å². The SMILES string of the molecule is C/C(=N\NC(=O)c1sc2ccccc2c1Cl)c1ccc(NC(=O)c2cccs2)cc1. The molecule has 2 amide bonds. The van der Waals surface area contributed by atoms with Gasteiger partial charge in [0.15, 0.2) is 0 Å². The number of thiophene rings is 2. The van der Waals surface area contributed by atoms with E-state index in [0.717, 1.165) is 15.6 Å². The Morgan fingerprint density at radius 1 is 0.967 bits per heavy atom. The minimum atomic E-state index is -0.347.